The lowest BCUT2D eigenvalue weighted by Crippen LogP contribution is -2.43. The molecule has 1 amide bonds. The number of nitrogens with one attached hydrogen (secondary N) is 1. The molecule has 1 N–H and O–H groups in total. The Bertz CT molecular complexity index is 881. The van der Waals surface area contributed by atoms with Crippen molar-refractivity contribution in [1.29, 1.82) is 0 Å². The molecule has 0 spiro atoms. The number of ether oxygens (including phenoxy) is 1. The van der Waals surface area contributed by atoms with Crippen LogP contribution < -0.4 is 10.1 Å². The number of amides is 1. The first kappa shape index (κ1) is 18.3. The van der Waals surface area contributed by atoms with Gasteiger partial charge in [0.25, 0.3) is 5.91 Å². The van der Waals surface area contributed by atoms with E-state index in [1.807, 2.05) is 18.2 Å². The lowest BCUT2D eigenvalue weighted by molar-refractivity contribution is -0.182. The lowest BCUT2D eigenvalue weighted by Gasteiger charge is -2.26. The third-order valence-corrected chi connectivity index (χ3v) is 5.73. The minimum Gasteiger partial charge on any atom is -0.491 e. The summed E-state index contributed by atoms with van der Waals surface area (Å²) in [6, 6.07) is 5.43. The van der Waals surface area contributed by atoms with Crippen LogP contribution in [0.3, 0.4) is 0 Å². The molecule has 0 radical (unpaired) electrons. The number of nitrogens with zero attached hydrogens (tertiary/aromatic N) is 2. The Morgan fingerprint density at radius 3 is 2.96 bits per heavy atom. The standard InChI is InChI=1S/C18H17BrF3N3O2/c19-13-2-1-3-15-12(13)6-11(9-27-15)23-17(26)14-8-25-7-10(18(20,21)22)4-5-16(25)24-14/h1-3,8,10-11H,4-7,9H2,(H,23,26)/t10-,11?/m0/s1. The number of carbonyl (C=O) groups is 1. The molecular weight excluding hydrogens is 427 g/mol. The molecule has 144 valence electrons. The molecule has 0 saturated carbocycles. The van der Waals surface area contributed by atoms with Crippen LogP contribution in [0.25, 0.3) is 0 Å². The molecule has 0 bridgehead atoms. The number of rotatable bonds is 2. The summed E-state index contributed by atoms with van der Waals surface area (Å²) in [5, 5.41) is 2.87. The van der Waals surface area contributed by atoms with Crippen molar-refractivity contribution < 1.29 is 22.7 Å². The molecule has 0 saturated heterocycles. The van der Waals surface area contributed by atoms with Gasteiger partial charge in [0.15, 0.2) is 0 Å². The van der Waals surface area contributed by atoms with Gasteiger partial charge in [-0.2, -0.15) is 13.2 Å². The second-order valence-corrected chi connectivity index (χ2v) is 7.73. The van der Waals surface area contributed by atoms with E-state index in [9.17, 15) is 18.0 Å². The van der Waals surface area contributed by atoms with E-state index < -0.39 is 18.0 Å². The number of hydrogen-bond donors (Lipinski definition) is 1. The lowest BCUT2D eigenvalue weighted by atomic mass is 9.99. The van der Waals surface area contributed by atoms with Crippen molar-refractivity contribution in [3.63, 3.8) is 0 Å². The van der Waals surface area contributed by atoms with Crippen LogP contribution in [-0.4, -0.2) is 34.3 Å². The van der Waals surface area contributed by atoms with Crippen molar-refractivity contribution >= 4 is 21.8 Å². The molecule has 2 aliphatic heterocycles. The van der Waals surface area contributed by atoms with Crippen molar-refractivity contribution in [2.45, 2.75) is 38.0 Å². The van der Waals surface area contributed by atoms with Crippen LogP contribution in [0.2, 0.25) is 0 Å². The van der Waals surface area contributed by atoms with Gasteiger partial charge in [0.05, 0.1) is 12.0 Å². The predicted octanol–water partition coefficient (Wildman–Crippen LogP) is 3.50. The number of benzene rings is 1. The van der Waals surface area contributed by atoms with Crippen molar-refractivity contribution in [2.75, 3.05) is 6.61 Å². The fourth-order valence-electron chi connectivity index (χ4n) is 3.54. The van der Waals surface area contributed by atoms with E-state index in [4.69, 9.17) is 4.74 Å². The van der Waals surface area contributed by atoms with Gasteiger partial charge in [-0.05, 0) is 18.6 Å². The molecule has 2 atom stereocenters. The van der Waals surface area contributed by atoms with Gasteiger partial charge in [-0.25, -0.2) is 4.98 Å². The van der Waals surface area contributed by atoms with Gasteiger partial charge in [0, 0.05) is 35.6 Å². The Morgan fingerprint density at radius 1 is 1.37 bits per heavy atom. The predicted molar refractivity (Wildman–Crippen MR) is 94.7 cm³/mol. The maximum absolute atomic E-state index is 12.9. The summed E-state index contributed by atoms with van der Waals surface area (Å²) in [7, 11) is 0. The highest BCUT2D eigenvalue weighted by molar-refractivity contribution is 9.10. The quantitative estimate of drug-likeness (QED) is 0.772. The molecule has 0 aliphatic carbocycles. The molecule has 1 aromatic carbocycles. The minimum absolute atomic E-state index is 0.00283. The first-order valence-electron chi connectivity index (χ1n) is 8.65. The SMILES string of the molecule is O=C(NC1COc2cccc(Br)c2C1)c1cn2c(n1)CC[C@H](C(F)(F)F)C2. The fraction of sp³-hybridized carbons (Fsp3) is 0.444. The highest BCUT2D eigenvalue weighted by Crippen LogP contribution is 2.34. The van der Waals surface area contributed by atoms with Crippen LogP contribution in [0.5, 0.6) is 5.75 Å². The summed E-state index contributed by atoms with van der Waals surface area (Å²) >= 11 is 3.48. The summed E-state index contributed by atoms with van der Waals surface area (Å²) < 4.78 is 46.8. The zero-order chi connectivity index (χ0) is 19.2. The summed E-state index contributed by atoms with van der Waals surface area (Å²) in [6.45, 7) is 0.144. The highest BCUT2D eigenvalue weighted by Gasteiger charge is 2.41. The number of alkyl halides is 3. The van der Waals surface area contributed by atoms with Gasteiger partial charge in [-0.15, -0.1) is 0 Å². The minimum atomic E-state index is -4.23. The third-order valence-electron chi connectivity index (χ3n) is 4.99. The van der Waals surface area contributed by atoms with Crippen LogP contribution in [-0.2, 0) is 19.4 Å². The second-order valence-electron chi connectivity index (χ2n) is 6.87. The van der Waals surface area contributed by atoms with E-state index in [0.29, 0.717) is 18.9 Å². The number of aryl methyl sites for hydroxylation is 1. The number of fused-ring (bicyclic) bond motifs is 2. The molecule has 2 aliphatic rings. The first-order chi connectivity index (χ1) is 12.8. The Labute approximate surface area is 162 Å². The van der Waals surface area contributed by atoms with Crippen molar-refractivity contribution in [3.8, 4) is 5.75 Å². The van der Waals surface area contributed by atoms with E-state index in [-0.39, 0.29) is 31.1 Å². The molecule has 9 heteroatoms. The number of halogens is 4. The van der Waals surface area contributed by atoms with Gasteiger partial charge in [-0.3, -0.25) is 4.79 Å². The van der Waals surface area contributed by atoms with Crippen molar-refractivity contribution in [3.05, 3.63) is 46.0 Å². The maximum Gasteiger partial charge on any atom is 0.393 e. The van der Waals surface area contributed by atoms with Crippen LogP contribution in [0.15, 0.2) is 28.9 Å². The van der Waals surface area contributed by atoms with Gasteiger partial charge >= 0.3 is 6.18 Å². The monoisotopic (exact) mass is 443 g/mol. The average Bonchev–Trinajstić information content (AvgIpc) is 3.05. The molecule has 0 fully saturated rings. The van der Waals surface area contributed by atoms with Crippen LogP contribution >= 0.6 is 15.9 Å². The van der Waals surface area contributed by atoms with Crippen LogP contribution in [0, 0.1) is 5.92 Å². The van der Waals surface area contributed by atoms with Gasteiger partial charge < -0.3 is 14.6 Å². The topological polar surface area (TPSA) is 56.1 Å². The third kappa shape index (κ3) is 3.69. The number of hydrogen-bond acceptors (Lipinski definition) is 3. The maximum atomic E-state index is 12.9. The van der Waals surface area contributed by atoms with Gasteiger partial charge in [-0.1, -0.05) is 22.0 Å². The number of carbonyl (C=O) groups excluding carboxylic acids is 1. The zero-order valence-electron chi connectivity index (χ0n) is 14.2. The Kier molecular flexibility index (Phi) is 4.65. The van der Waals surface area contributed by atoms with E-state index >= 15 is 0 Å². The summed E-state index contributed by atoms with van der Waals surface area (Å²) in [5.41, 5.74) is 1.12. The fourth-order valence-corrected chi connectivity index (χ4v) is 4.05. The van der Waals surface area contributed by atoms with E-state index in [0.717, 1.165) is 15.8 Å². The first-order valence-corrected chi connectivity index (χ1v) is 9.44. The number of aromatic nitrogens is 2. The van der Waals surface area contributed by atoms with E-state index in [1.54, 1.807) is 0 Å². The molecular formula is C18H17BrF3N3O2. The Morgan fingerprint density at radius 2 is 2.19 bits per heavy atom. The highest BCUT2D eigenvalue weighted by atomic mass is 79.9. The molecule has 1 aromatic heterocycles. The van der Waals surface area contributed by atoms with E-state index in [1.165, 1.54) is 10.8 Å². The Balaban J connectivity index is 1.45. The van der Waals surface area contributed by atoms with Crippen LogP contribution in [0.4, 0.5) is 13.2 Å². The van der Waals surface area contributed by atoms with Crippen molar-refractivity contribution in [1.82, 2.24) is 14.9 Å². The Hall–Kier alpha value is -2.03. The number of imidazole rings is 1. The molecule has 27 heavy (non-hydrogen) atoms. The average molecular weight is 444 g/mol. The largest absolute Gasteiger partial charge is 0.491 e. The molecule has 3 heterocycles. The van der Waals surface area contributed by atoms with Gasteiger partial charge in [0.1, 0.15) is 23.9 Å². The van der Waals surface area contributed by atoms with E-state index in [2.05, 4.69) is 26.2 Å². The zero-order valence-corrected chi connectivity index (χ0v) is 15.8. The summed E-state index contributed by atoms with van der Waals surface area (Å²) in [5.74, 6) is -0.487. The second kappa shape index (κ2) is 6.85. The van der Waals surface area contributed by atoms with Crippen molar-refractivity contribution in [2.24, 2.45) is 5.92 Å². The molecule has 1 unspecified atom stereocenters. The summed E-state index contributed by atoms with van der Waals surface area (Å²) in [4.78, 5) is 16.8. The molecule has 4 rings (SSSR count). The normalized spacial score (nSPS) is 21.8. The van der Waals surface area contributed by atoms with Crippen LogP contribution in [0.1, 0.15) is 28.3 Å². The molecule has 2 aromatic rings. The smallest absolute Gasteiger partial charge is 0.393 e. The van der Waals surface area contributed by atoms with Gasteiger partial charge in [0.2, 0.25) is 0 Å². The summed E-state index contributed by atoms with van der Waals surface area (Å²) in [6.07, 6.45) is -2.00. The molecule has 5 nitrogen and oxygen atoms in total.